The van der Waals surface area contributed by atoms with Crippen molar-refractivity contribution in [1.29, 1.82) is 0 Å². The molecule has 1 saturated heterocycles. The lowest BCUT2D eigenvalue weighted by molar-refractivity contribution is 0.287. The molecule has 1 heterocycles. The van der Waals surface area contributed by atoms with Gasteiger partial charge >= 0.3 is 0 Å². The van der Waals surface area contributed by atoms with Crippen LogP contribution in [0.2, 0.25) is 0 Å². The number of hydrogen-bond acceptors (Lipinski definition) is 4. The van der Waals surface area contributed by atoms with Gasteiger partial charge in [0.25, 0.3) is 5.90 Å². The van der Waals surface area contributed by atoms with Gasteiger partial charge in [0.15, 0.2) is 0 Å². The number of methoxy groups -OCH3 is 1. The monoisotopic (exact) mass is 207 g/mol. The zero-order valence-corrected chi connectivity index (χ0v) is 8.51. The van der Waals surface area contributed by atoms with Gasteiger partial charge in [-0.05, 0) is 16.8 Å². The van der Waals surface area contributed by atoms with Gasteiger partial charge in [-0.1, -0.05) is 18.2 Å². The first-order valence-corrected chi connectivity index (χ1v) is 4.81. The van der Waals surface area contributed by atoms with Gasteiger partial charge < -0.3 is 14.7 Å². The Morgan fingerprint density at radius 3 is 2.93 bits per heavy atom. The molecule has 1 aromatic rings. The number of rotatable bonds is 3. The van der Waals surface area contributed by atoms with Crippen molar-refractivity contribution in [1.82, 2.24) is 0 Å². The molecule has 15 heavy (non-hydrogen) atoms. The SMILES string of the molecule is COC(=NO)c1ccccc1CC1CO1. The number of ether oxygens (including phenoxy) is 2. The van der Waals surface area contributed by atoms with Crippen molar-refractivity contribution in [2.75, 3.05) is 13.7 Å². The first-order valence-electron chi connectivity index (χ1n) is 4.81. The van der Waals surface area contributed by atoms with E-state index in [4.69, 9.17) is 14.7 Å². The molecule has 1 aliphatic heterocycles. The fourth-order valence-corrected chi connectivity index (χ4v) is 1.54. The highest BCUT2D eigenvalue weighted by molar-refractivity contribution is 5.95. The molecule has 0 spiro atoms. The molecule has 0 saturated carbocycles. The molecule has 4 nitrogen and oxygen atoms in total. The lowest BCUT2D eigenvalue weighted by Crippen LogP contribution is -2.08. The Bertz CT molecular complexity index is 372. The Kier molecular flexibility index (Phi) is 2.87. The van der Waals surface area contributed by atoms with Crippen LogP contribution < -0.4 is 0 Å². The molecule has 0 amide bonds. The predicted molar refractivity (Wildman–Crippen MR) is 55.2 cm³/mol. The van der Waals surface area contributed by atoms with E-state index in [0.717, 1.165) is 24.2 Å². The minimum Gasteiger partial charge on any atom is -0.479 e. The molecule has 1 atom stereocenters. The van der Waals surface area contributed by atoms with Gasteiger partial charge in [0.2, 0.25) is 0 Å². The van der Waals surface area contributed by atoms with Gasteiger partial charge in [-0.15, -0.1) is 0 Å². The molecule has 1 unspecified atom stereocenters. The molecule has 0 aromatic heterocycles. The Morgan fingerprint density at radius 2 is 2.33 bits per heavy atom. The number of oxime groups is 1. The Labute approximate surface area is 88.1 Å². The second-order valence-electron chi connectivity index (χ2n) is 3.43. The first-order chi connectivity index (χ1) is 7.35. The zero-order chi connectivity index (χ0) is 10.7. The highest BCUT2D eigenvalue weighted by atomic mass is 16.6. The van der Waals surface area contributed by atoms with Crippen LogP contribution in [0.5, 0.6) is 0 Å². The molecular weight excluding hydrogens is 194 g/mol. The Hall–Kier alpha value is -1.55. The second kappa shape index (κ2) is 4.31. The molecule has 2 rings (SSSR count). The van der Waals surface area contributed by atoms with Crippen molar-refractivity contribution in [2.24, 2.45) is 5.16 Å². The van der Waals surface area contributed by atoms with Gasteiger partial charge in [-0.2, -0.15) is 0 Å². The summed E-state index contributed by atoms with van der Waals surface area (Å²) in [6.07, 6.45) is 1.14. The highest BCUT2D eigenvalue weighted by Gasteiger charge is 2.24. The lowest BCUT2D eigenvalue weighted by atomic mass is 10.0. The van der Waals surface area contributed by atoms with Crippen LogP contribution in [-0.4, -0.2) is 30.9 Å². The summed E-state index contributed by atoms with van der Waals surface area (Å²) in [5.41, 5.74) is 1.90. The molecule has 0 bridgehead atoms. The van der Waals surface area contributed by atoms with Crippen LogP contribution in [0.1, 0.15) is 11.1 Å². The van der Waals surface area contributed by atoms with Crippen LogP contribution in [0.15, 0.2) is 29.4 Å². The van der Waals surface area contributed by atoms with E-state index in [1.807, 2.05) is 24.3 Å². The van der Waals surface area contributed by atoms with Gasteiger partial charge in [-0.3, -0.25) is 0 Å². The molecule has 1 N–H and O–H groups in total. The average Bonchev–Trinajstić information content (AvgIpc) is 3.06. The smallest absolute Gasteiger partial charge is 0.257 e. The summed E-state index contributed by atoms with van der Waals surface area (Å²) in [7, 11) is 1.49. The molecule has 0 radical (unpaired) electrons. The highest BCUT2D eigenvalue weighted by Crippen LogP contribution is 2.19. The van der Waals surface area contributed by atoms with Crippen LogP contribution in [0.25, 0.3) is 0 Å². The summed E-state index contributed by atoms with van der Waals surface area (Å²) >= 11 is 0. The third kappa shape index (κ3) is 2.27. The van der Waals surface area contributed by atoms with Crippen LogP contribution in [0, 0.1) is 0 Å². The molecule has 1 aromatic carbocycles. The number of hydrogen-bond donors (Lipinski definition) is 1. The van der Waals surface area contributed by atoms with E-state index in [-0.39, 0.29) is 5.90 Å². The fourth-order valence-electron chi connectivity index (χ4n) is 1.54. The van der Waals surface area contributed by atoms with Crippen molar-refractivity contribution in [3.63, 3.8) is 0 Å². The molecule has 4 heteroatoms. The van der Waals surface area contributed by atoms with E-state index in [1.54, 1.807) is 0 Å². The topological polar surface area (TPSA) is 54.4 Å². The van der Waals surface area contributed by atoms with Crippen molar-refractivity contribution >= 4 is 5.90 Å². The largest absolute Gasteiger partial charge is 0.479 e. The Balaban J connectivity index is 2.27. The van der Waals surface area contributed by atoms with Gasteiger partial charge in [0.1, 0.15) is 0 Å². The zero-order valence-electron chi connectivity index (χ0n) is 8.51. The van der Waals surface area contributed by atoms with E-state index in [0.29, 0.717) is 6.10 Å². The number of benzene rings is 1. The maximum atomic E-state index is 8.79. The van der Waals surface area contributed by atoms with E-state index >= 15 is 0 Å². The molecule has 0 aliphatic carbocycles. The number of nitrogens with zero attached hydrogens (tertiary/aromatic N) is 1. The van der Waals surface area contributed by atoms with Crippen molar-refractivity contribution < 1.29 is 14.7 Å². The van der Waals surface area contributed by atoms with Gasteiger partial charge in [0.05, 0.1) is 19.8 Å². The molecular formula is C11H13NO3. The Morgan fingerprint density at radius 1 is 1.60 bits per heavy atom. The van der Waals surface area contributed by atoms with E-state index in [2.05, 4.69) is 5.16 Å². The molecule has 80 valence electrons. The minimum atomic E-state index is 0.242. The van der Waals surface area contributed by atoms with Gasteiger partial charge in [-0.25, -0.2) is 0 Å². The van der Waals surface area contributed by atoms with Gasteiger partial charge in [0, 0.05) is 12.0 Å². The lowest BCUT2D eigenvalue weighted by Gasteiger charge is -2.08. The summed E-state index contributed by atoms with van der Waals surface area (Å²) in [5, 5.41) is 11.9. The van der Waals surface area contributed by atoms with Crippen molar-refractivity contribution in [3.05, 3.63) is 35.4 Å². The fraction of sp³-hybridized carbons (Fsp3) is 0.364. The third-order valence-electron chi connectivity index (χ3n) is 2.38. The van der Waals surface area contributed by atoms with Crippen molar-refractivity contribution in [3.8, 4) is 0 Å². The van der Waals surface area contributed by atoms with Crippen LogP contribution in [-0.2, 0) is 15.9 Å². The second-order valence-corrected chi connectivity index (χ2v) is 3.43. The third-order valence-corrected chi connectivity index (χ3v) is 2.38. The van der Waals surface area contributed by atoms with E-state index in [1.165, 1.54) is 7.11 Å². The quantitative estimate of drug-likeness (QED) is 0.268. The van der Waals surface area contributed by atoms with Crippen molar-refractivity contribution in [2.45, 2.75) is 12.5 Å². The standard InChI is InChI=1S/C11H13NO3/c1-14-11(12-13)10-5-3-2-4-8(10)6-9-7-15-9/h2-5,9,13H,6-7H2,1H3. The van der Waals surface area contributed by atoms with Crippen LogP contribution >= 0.6 is 0 Å². The normalized spacial score (nSPS) is 20.1. The van der Waals surface area contributed by atoms with E-state index in [9.17, 15) is 0 Å². The maximum absolute atomic E-state index is 8.79. The number of epoxide rings is 1. The van der Waals surface area contributed by atoms with Crippen LogP contribution in [0.3, 0.4) is 0 Å². The molecule has 1 aliphatic rings. The summed E-state index contributed by atoms with van der Waals surface area (Å²) in [6, 6.07) is 7.69. The summed E-state index contributed by atoms with van der Waals surface area (Å²) in [4.78, 5) is 0. The summed E-state index contributed by atoms with van der Waals surface area (Å²) in [6.45, 7) is 0.812. The predicted octanol–water partition coefficient (Wildman–Crippen LogP) is 1.41. The van der Waals surface area contributed by atoms with Crippen LogP contribution in [0.4, 0.5) is 0 Å². The molecule has 1 fully saturated rings. The average molecular weight is 207 g/mol. The summed E-state index contributed by atoms with van der Waals surface area (Å²) in [5.74, 6) is 0.242. The minimum absolute atomic E-state index is 0.242. The summed E-state index contributed by atoms with van der Waals surface area (Å²) < 4.78 is 10.2. The van der Waals surface area contributed by atoms with E-state index < -0.39 is 0 Å². The maximum Gasteiger partial charge on any atom is 0.257 e. The first kappa shape index (κ1) is 9.98.